The molecule has 0 radical (unpaired) electrons. The minimum atomic E-state index is -0.286. The van der Waals surface area contributed by atoms with Crippen LogP contribution in [0.25, 0.3) is 0 Å². The van der Waals surface area contributed by atoms with Gasteiger partial charge in [-0.05, 0) is 109 Å². The minimum absolute atomic E-state index is 0.000938. The highest BCUT2D eigenvalue weighted by Gasteiger charge is 2.61. The number of aliphatic hydroxyl groups excluding tert-OH is 1. The van der Waals surface area contributed by atoms with Gasteiger partial charge in [0.15, 0.2) is 5.78 Å². The normalized spacial score (nSPS) is 38.8. The van der Waals surface area contributed by atoms with Crippen LogP contribution in [-0.4, -0.2) is 29.1 Å². The first-order valence-corrected chi connectivity index (χ1v) is 16.6. The predicted molar refractivity (Wildman–Crippen MR) is 164 cm³/mol. The third-order valence-corrected chi connectivity index (χ3v) is 12.9. The highest BCUT2D eigenvalue weighted by atomic mass is 16.5. The molecule has 4 aliphatic rings. The SMILES string of the molecule is CCC(CC(O)C(C)C1CCC2C3=CC(=O)C4C(C)C(OC(=O)c5ccccc5)CCC4(C)C3CCC21C)C(C)C. The molecule has 41 heavy (non-hydrogen) atoms. The van der Waals surface area contributed by atoms with Gasteiger partial charge in [-0.25, -0.2) is 4.79 Å². The van der Waals surface area contributed by atoms with Crippen molar-refractivity contribution in [2.24, 2.45) is 58.2 Å². The average Bonchev–Trinajstić information content (AvgIpc) is 3.30. The number of ether oxygens (including phenoxy) is 1. The molecule has 11 unspecified atom stereocenters. The van der Waals surface area contributed by atoms with E-state index in [0.717, 1.165) is 44.9 Å². The van der Waals surface area contributed by atoms with Gasteiger partial charge in [-0.1, -0.05) is 78.7 Å². The summed E-state index contributed by atoms with van der Waals surface area (Å²) in [4.78, 5) is 26.9. The van der Waals surface area contributed by atoms with Gasteiger partial charge in [-0.2, -0.15) is 0 Å². The lowest BCUT2D eigenvalue weighted by molar-refractivity contribution is -0.140. The Balaban J connectivity index is 1.34. The Morgan fingerprint density at radius 1 is 1.00 bits per heavy atom. The summed E-state index contributed by atoms with van der Waals surface area (Å²) in [6.45, 7) is 16.1. The summed E-state index contributed by atoms with van der Waals surface area (Å²) in [6.07, 6.45) is 9.84. The van der Waals surface area contributed by atoms with Crippen LogP contribution in [0.4, 0.5) is 0 Å². The summed E-state index contributed by atoms with van der Waals surface area (Å²) in [5.74, 6) is 2.61. The van der Waals surface area contributed by atoms with Gasteiger partial charge in [0.2, 0.25) is 0 Å². The number of rotatable bonds is 8. The molecule has 1 aromatic carbocycles. The molecule has 0 bridgehead atoms. The van der Waals surface area contributed by atoms with Crippen molar-refractivity contribution < 1.29 is 19.4 Å². The summed E-state index contributed by atoms with van der Waals surface area (Å²) < 4.78 is 6.03. The summed E-state index contributed by atoms with van der Waals surface area (Å²) in [7, 11) is 0. The molecule has 226 valence electrons. The largest absolute Gasteiger partial charge is 0.458 e. The molecule has 3 saturated carbocycles. The van der Waals surface area contributed by atoms with Crippen LogP contribution in [0, 0.1) is 58.2 Å². The number of carbonyl (C=O) groups excluding carboxylic acids is 2. The van der Waals surface area contributed by atoms with E-state index in [0.29, 0.717) is 35.2 Å². The zero-order valence-electron chi connectivity index (χ0n) is 26.6. The molecule has 0 heterocycles. The van der Waals surface area contributed by atoms with Crippen molar-refractivity contribution >= 4 is 11.8 Å². The number of carbonyl (C=O) groups is 2. The standard InChI is InChI=1S/C37H54O4/c1-8-25(22(2)3)20-31(38)23(4)28-14-15-29-27-21-32(39)34-24(5)33(41-35(40)26-12-10-9-11-13-26)17-19-37(34,7)30(27)16-18-36(28,29)6/h9-13,21-25,28-31,33-34,38H,8,14-20H2,1-7H3. The topological polar surface area (TPSA) is 63.6 Å². The van der Waals surface area contributed by atoms with Crippen LogP contribution >= 0.6 is 0 Å². The number of hydrogen-bond donors (Lipinski definition) is 1. The number of allylic oxidation sites excluding steroid dienone is 2. The molecule has 0 aliphatic heterocycles. The van der Waals surface area contributed by atoms with Crippen molar-refractivity contribution in [1.29, 1.82) is 0 Å². The number of ketones is 1. The quantitative estimate of drug-likeness (QED) is 0.324. The second-order valence-electron chi connectivity index (χ2n) is 15.1. The second kappa shape index (κ2) is 11.6. The molecule has 1 N–H and O–H groups in total. The van der Waals surface area contributed by atoms with Gasteiger partial charge in [-0.3, -0.25) is 4.79 Å². The van der Waals surface area contributed by atoms with Gasteiger partial charge in [0.25, 0.3) is 0 Å². The van der Waals surface area contributed by atoms with Crippen molar-refractivity contribution in [2.75, 3.05) is 0 Å². The first-order valence-electron chi connectivity index (χ1n) is 16.6. The lowest BCUT2D eigenvalue weighted by atomic mass is 9.46. The maximum Gasteiger partial charge on any atom is 0.338 e. The molecule has 0 saturated heterocycles. The summed E-state index contributed by atoms with van der Waals surface area (Å²) in [6, 6.07) is 9.19. The zero-order chi connectivity index (χ0) is 29.7. The molecular weight excluding hydrogens is 508 g/mol. The number of aliphatic hydroxyl groups is 1. The first-order chi connectivity index (χ1) is 19.4. The first kappa shape index (κ1) is 30.5. The smallest absolute Gasteiger partial charge is 0.338 e. The molecule has 1 aromatic rings. The summed E-state index contributed by atoms with van der Waals surface area (Å²) >= 11 is 0. The van der Waals surface area contributed by atoms with Crippen molar-refractivity contribution in [3.63, 3.8) is 0 Å². The Morgan fingerprint density at radius 3 is 2.32 bits per heavy atom. The molecule has 4 heteroatoms. The lowest BCUT2D eigenvalue weighted by Crippen LogP contribution is -2.56. The van der Waals surface area contributed by atoms with Crippen molar-refractivity contribution in [3.8, 4) is 0 Å². The van der Waals surface area contributed by atoms with Crippen LogP contribution < -0.4 is 0 Å². The van der Waals surface area contributed by atoms with Gasteiger partial charge in [0.05, 0.1) is 11.7 Å². The van der Waals surface area contributed by atoms with E-state index in [2.05, 4.69) is 48.5 Å². The van der Waals surface area contributed by atoms with Crippen LogP contribution in [0.2, 0.25) is 0 Å². The zero-order valence-corrected chi connectivity index (χ0v) is 26.6. The van der Waals surface area contributed by atoms with Crippen LogP contribution in [0.15, 0.2) is 42.0 Å². The lowest BCUT2D eigenvalue weighted by Gasteiger charge is -2.58. The molecule has 11 atom stereocenters. The minimum Gasteiger partial charge on any atom is -0.458 e. The van der Waals surface area contributed by atoms with Crippen LogP contribution in [0.3, 0.4) is 0 Å². The van der Waals surface area contributed by atoms with E-state index in [-0.39, 0.29) is 52.5 Å². The Bertz CT molecular complexity index is 1140. The monoisotopic (exact) mass is 562 g/mol. The maximum atomic E-state index is 14.0. The van der Waals surface area contributed by atoms with E-state index in [1.165, 1.54) is 12.0 Å². The molecule has 0 spiro atoms. The second-order valence-corrected chi connectivity index (χ2v) is 15.1. The molecule has 4 nitrogen and oxygen atoms in total. The Morgan fingerprint density at radius 2 is 1.66 bits per heavy atom. The Kier molecular flexibility index (Phi) is 8.65. The fourth-order valence-corrected chi connectivity index (χ4v) is 10.4. The summed E-state index contributed by atoms with van der Waals surface area (Å²) in [5.41, 5.74) is 2.03. The van der Waals surface area contributed by atoms with E-state index >= 15 is 0 Å². The van der Waals surface area contributed by atoms with Crippen molar-refractivity contribution in [2.45, 2.75) is 112 Å². The predicted octanol–water partition coefficient (Wildman–Crippen LogP) is 8.29. The molecular formula is C37H54O4. The molecule has 0 amide bonds. The van der Waals surface area contributed by atoms with Gasteiger partial charge >= 0.3 is 5.97 Å². The molecule has 5 rings (SSSR count). The van der Waals surface area contributed by atoms with Crippen LogP contribution in [0.5, 0.6) is 0 Å². The van der Waals surface area contributed by atoms with Gasteiger partial charge in [-0.15, -0.1) is 0 Å². The van der Waals surface area contributed by atoms with E-state index in [4.69, 9.17) is 4.74 Å². The number of esters is 1. The third-order valence-electron chi connectivity index (χ3n) is 12.9. The van der Waals surface area contributed by atoms with Crippen molar-refractivity contribution in [1.82, 2.24) is 0 Å². The van der Waals surface area contributed by atoms with E-state index < -0.39 is 0 Å². The highest BCUT2D eigenvalue weighted by Crippen LogP contribution is 2.67. The van der Waals surface area contributed by atoms with Crippen LogP contribution in [0.1, 0.15) is 110 Å². The molecule has 0 aromatic heterocycles. The summed E-state index contributed by atoms with van der Waals surface area (Å²) in [5, 5.41) is 11.4. The Hall–Kier alpha value is -1.94. The van der Waals surface area contributed by atoms with Crippen molar-refractivity contribution in [3.05, 3.63) is 47.5 Å². The number of hydrogen-bond acceptors (Lipinski definition) is 4. The van der Waals surface area contributed by atoms with Gasteiger partial charge in [0, 0.05) is 11.8 Å². The van der Waals surface area contributed by atoms with Gasteiger partial charge in [0.1, 0.15) is 6.10 Å². The van der Waals surface area contributed by atoms with E-state index in [9.17, 15) is 14.7 Å². The Labute approximate surface area is 248 Å². The fourth-order valence-electron chi connectivity index (χ4n) is 10.4. The third kappa shape index (κ3) is 5.25. The highest BCUT2D eigenvalue weighted by molar-refractivity contribution is 5.95. The van der Waals surface area contributed by atoms with Crippen LogP contribution in [-0.2, 0) is 9.53 Å². The van der Waals surface area contributed by atoms with Gasteiger partial charge < -0.3 is 9.84 Å². The molecule has 3 fully saturated rings. The van der Waals surface area contributed by atoms with E-state index in [1.807, 2.05) is 24.3 Å². The number of benzene rings is 1. The number of fused-ring (bicyclic) bond motifs is 5. The molecule has 4 aliphatic carbocycles. The van der Waals surface area contributed by atoms with E-state index in [1.54, 1.807) is 12.1 Å². The average molecular weight is 563 g/mol. The maximum absolute atomic E-state index is 14.0. The fraction of sp³-hybridized carbons (Fsp3) is 0.730.